The Hall–Kier alpha value is -1.30. The molecule has 2 atom stereocenters. The molecular weight excluding hydrogens is 433 g/mol. The third-order valence-electron chi connectivity index (χ3n) is 7.68. The summed E-state index contributed by atoms with van der Waals surface area (Å²) in [6, 6.07) is 6.66. The van der Waals surface area contributed by atoms with E-state index in [1.54, 1.807) is 0 Å². The van der Waals surface area contributed by atoms with Gasteiger partial charge in [-0.15, -0.1) is 0 Å². The first-order valence-electron chi connectivity index (χ1n) is 11.6. The fraction of sp³-hybridized carbons (Fsp3) is 0.667. The number of benzene rings is 1. The maximum absolute atomic E-state index is 13.4. The quantitative estimate of drug-likeness (QED) is 0.715. The number of amides is 2. The SMILES string of the molecule is CC1(C(=O)N2CCC(C(=O)N3C[C@@H](NC4CC4)[C@H](c4ccc(Cl)c(Cl)c4)C3)CC2)CC1. The first-order valence-corrected chi connectivity index (χ1v) is 12.4. The minimum atomic E-state index is -0.124. The fourth-order valence-corrected chi connectivity index (χ4v) is 5.46. The van der Waals surface area contributed by atoms with Gasteiger partial charge in [0.15, 0.2) is 0 Å². The van der Waals surface area contributed by atoms with Crippen molar-refractivity contribution in [3.05, 3.63) is 33.8 Å². The van der Waals surface area contributed by atoms with Gasteiger partial charge >= 0.3 is 0 Å². The number of carbonyl (C=O) groups is 2. The minimum Gasteiger partial charge on any atom is -0.342 e. The minimum absolute atomic E-state index is 0.0187. The van der Waals surface area contributed by atoms with E-state index < -0.39 is 0 Å². The van der Waals surface area contributed by atoms with Gasteiger partial charge in [-0.25, -0.2) is 0 Å². The van der Waals surface area contributed by atoms with Crippen LogP contribution in [-0.2, 0) is 9.59 Å². The maximum Gasteiger partial charge on any atom is 0.228 e. The number of carbonyl (C=O) groups excluding carboxylic acids is 2. The largest absolute Gasteiger partial charge is 0.342 e. The summed E-state index contributed by atoms with van der Waals surface area (Å²) in [5, 5.41) is 4.87. The van der Waals surface area contributed by atoms with Gasteiger partial charge in [-0.1, -0.05) is 36.2 Å². The number of nitrogens with zero attached hydrogens (tertiary/aromatic N) is 2. The first-order chi connectivity index (χ1) is 14.8. The van der Waals surface area contributed by atoms with Crippen LogP contribution >= 0.6 is 23.2 Å². The second kappa shape index (κ2) is 8.24. The van der Waals surface area contributed by atoms with Crippen molar-refractivity contribution in [3.8, 4) is 0 Å². The van der Waals surface area contributed by atoms with Gasteiger partial charge in [0.25, 0.3) is 0 Å². The van der Waals surface area contributed by atoms with E-state index in [-0.39, 0.29) is 35.1 Å². The lowest BCUT2D eigenvalue weighted by molar-refractivity contribution is -0.142. The maximum atomic E-state index is 13.4. The number of hydrogen-bond donors (Lipinski definition) is 1. The fourth-order valence-electron chi connectivity index (χ4n) is 5.16. The summed E-state index contributed by atoms with van der Waals surface area (Å²) in [5.41, 5.74) is 1.02. The second-order valence-electron chi connectivity index (χ2n) is 10.2. The van der Waals surface area contributed by atoms with Crippen LogP contribution in [0.25, 0.3) is 0 Å². The van der Waals surface area contributed by atoms with Crippen molar-refractivity contribution in [1.82, 2.24) is 15.1 Å². The molecule has 2 amide bonds. The van der Waals surface area contributed by atoms with E-state index in [4.69, 9.17) is 23.2 Å². The molecule has 2 aliphatic heterocycles. The first kappa shape index (κ1) is 21.5. The van der Waals surface area contributed by atoms with Crippen molar-refractivity contribution < 1.29 is 9.59 Å². The Labute approximate surface area is 194 Å². The molecule has 31 heavy (non-hydrogen) atoms. The van der Waals surface area contributed by atoms with Crippen molar-refractivity contribution >= 4 is 35.0 Å². The summed E-state index contributed by atoms with van der Waals surface area (Å²) in [5.74, 6) is 0.767. The van der Waals surface area contributed by atoms with Gasteiger partial charge in [0.2, 0.25) is 11.8 Å². The highest BCUT2D eigenvalue weighted by Crippen LogP contribution is 2.47. The predicted octanol–water partition coefficient (Wildman–Crippen LogP) is 4.08. The Morgan fingerprint density at radius 1 is 1.00 bits per heavy atom. The van der Waals surface area contributed by atoms with Crippen LogP contribution in [0.15, 0.2) is 18.2 Å². The van der Waals surface area contributed by atoms with Crippen molar-refractivity contribution in [3.63, 3.8) is 0 Å². The van der Waals surface area contributed by atoms with Crippen LogP contribution in [0.4, 0.5) is 0 Å². The Morgan fingerprint density at radius 2 is 1.71 bits per heavy atom. The average molecular weight is 464 g/mol. The van der Waals surface area contributed by atoms with Gasteiger partial charge in [-0.05, 0) is 56.2 Å². The number of hydrogen-bond acceptors (Lipinski definition) is 3. The molecule has 1 aromatic rings. The summed E-state index contributed by atoms with van der Waals surface area (Å²) >= 11 is 12.4. The molecule has 168 valence electrons. The normalized spacial score (nSPS) is 28.1. The molecule has 4 fully saturated rings. The standard InChI is InChI=1S/C24H31Cl2N3O2/c1-24(8-9-24)23(31)28-10-6-15(7-11-28)22(30)29-13-18(21(14-29)27-17-3-4-17)16-2-5-19(25)20(26)12-16/h2,5,12,15,17-18,21,27H,3-4,6-11,13-14H2,1H3/t18-,21+/m0/s1. The molecule has 4 aliphatic rings. The van der Waals surface area contributed by atoms with Crippen LogP contribution in [0.3, 0.4) is 0 Å². The number of rotatable bonds is 5. The highest BCUT2D eigenvalue weighted by atomic mass is 35.5. The zero-order chi connectivity index (χ0) is 21.8. The van der Waals surface area contributed by atoms with Crippen LogP contribution in [0.5, 0.6) is 0 Å². The molecule has 0 aromatic heterocycles. The van der Waals surface area contributed by atoms with Gasteiger partial charge in [-0.3, -0.25) is 9.59 Å². The summed E-state index contributed by atoms with van der Waals surface area (Å²) in [6.07, 6.45) is 5.98. The van der Waals surface area contributed by atoms with Crippen molar-refractivity contribution in [1.29, 1.82) is 0 Å². The molecule has 1 aromatic carbocycles. The highest BCUT2D eigenvalue weighted by Gasteiger charge is 2.48. The molecule has 0 unspecified atom stereocenters. The second-order valence-corrected chi connectivity index (χ2v) is 11.0. The van der Waals surface area contributed by atoms with Crippen LogP contribution < -0.4 is 5.32 Å². The molecule has 5 nitrogen and oxygen atoms in total. The predicted molar refractivity (Wildman–Crippen MR) is 122 cm³/mol. The van der Waals surface area contributed by atoms with E-state index in [0.29, 0.717) is 35.7 Å². The number of halogens is 2. The van der Waals surface area contributed by atoms with Crippen molar-refractivity contribution in [2.75, 3.05) is 26.2 Å². The lowest BCUT2D eigenvalue weighted by Gasteiger charge is -2.34. The third-order valence-corrected chi connectivity index (χ3v) is 8.42. The van der Waals surface area contributed by atoms with Crippen LogP contribution in [0.2, 0.25) is 10.0 Å². The van der Waals surface area contributed by atoms with Crippen LogP contribution in [0.1, 0.15) is 56.9 Å². The van der Waals surface area contributed by atoms with E-state index in [2.05, 4.69) is 12.2 Å². The zero-order valence-electron chi connectivity index (χ0n) is 18.1. The van der Waals surface area contributed by atoms with E-state index in [0.717, 1.165) is 37.8 Å². The molecule has 2 saturated carbocycles. The van der Waals surface area contributed by atoms with E-state index >= 15 is 0 Å². The number of likely N-dealkylation sites (tertiary alicyclic amines) is 2. The summed E-state index contributed by atoms with van der Waals surface area (Å²) in [4.78, 5) is 30.0. The summed E-state index contributed by atoms with van der Waals surface area (Å²) in [6.45, 7) is 4.92. The number of nitrogens with one attached hydrogen (secondary N) is 1. The third kappa shape index (κ3) is 4.46. The van der Waals surface area contributed by atoms with Gasteiger partial charge in [0.1, 0.15) is 0 Å². The Balaban J connectivity index is 1.24. The highest BCUT2D eigenvalue weighted by molar-refractivity contribution is 6.42. The smallest absolute Gasteiger partial charge is 0.228 e. The van der Waals surface area contributed by atoms with Crippen molar-refractivity contribution in [2.45, 2.75) is 63.5 Å². The molecule has 2 aliphatic carbocycles. The van der Waals surface area contributed by atoms with Crippen molar-refractivity contribution in [2.24, 2.45) is 11.3 Å². The van der Waals surface area contributed by atoms with Gasteiger partial charge in [0.05, 0.1) is 10.0 Å². The van der Waals surface area contributed by atoms with Crippen LogP contribution in [-0.4, -0.2) is 59.9 Å². The van der Waals surface area contributed by atoms with E-state index in [9.17, 15) is 9.59 Å². The lowest BCUT2D eigenvalue weighted by atomic mass is 9.93. The summed E-state index contributed by atoms with van der Waals surface area (Å²) in [7, 11) is 0. The van der Waals surface area contributed by atoms with Crippen LogP contribution in [0, 0.1) is 11.3 Å². The molecular formula is C24H31Cl2N3O2. The summed E-state index contributed by atoms with van der Waals surface area (Å²) < 4.78 is 0. The molecule has 2 saturated heterocycles. The molecule has 1 N–H and O–H groups in total. The Kier molecular flexibility index (Phi) is 5.72. The molecule has 7 heteroatoms. The number of piperidine rings is 1. The zero-order valence-corrected chi connectivity index (χ0v) is 19.6. The van der Waals surface area contributed by atoms with Gasteiger partial charge < -0.3 is 15.1 Å². The molecule has 0 radical (unpaired) electrons. The van der Waals surface area contributed by atoms with E-state index in [1.165, 1.54) is 12.8 Å². The van der Waals surface area contributed by atoms with E-state index in [1.807, 2.05) is 28.0 Å². The monoisotopic (exact) mass is 463 g/mol. The van der Waals surface area contributed by atoms with Gasteiger partial charge in [0, 0.05) is 55.5 Å². The average Bonchev–Trinajstić information content (AvgIpc) is 3.69. The Morgan fingerprint density at radius 3 is 2.32 bits per heavy atom. The Bertz CT molecular complexity index is 876. The topological polar surface area (TPSA) is 52.7 Å². The molecule has 0 bridgehead atoms. The van der Waals surface area contributed by atoms with Gasteiger partial charge in [-0.2, -0.15) is 0 Å². The molecule has 0 spiro atoms. The molecule has 5 rings (SSSR count). The molecule has 2 heterocycles. The lowest BCUT2D eigenvalue weighted by Crippen LogP contribution is -2.46.